The number of fused-ring (bicyclic) bond motifs is 3. The van der Waals surface area contributed by atoms with E-state index in [0.29, 0.717) is 24.0 Å². The van der Waals surface area contributed by atoms with Crippen LogP contribution >= 0.6 is 0 Å². The predicted octanol–water partition coefficient (Wildman–Crippen LogP) is 0.788. The number of rotatable bonds is 6. The lowest BCUT2D eigenvalue weighted by Crippen LogP contribution is -2.70. The smallest absolute Gasteiger partial charge is 0.255 e. The summed E-state index contributed by atoms with van der Waals surface area (Å²) in [5, 5.41) is 56.4. The maximum Gasteiger partial charge on any atom is 0.255 e. The second kappa shape index (κ2) is 9.23. The number of primary amides is 1. The van der Waals surface area contributed by atoms with Crippen molar-refractivity contribution in [2.24, 2.45) is 17.6 Å². The van der Waals surface area contributed by atoms with E-state index in [1.54, 1.807) is 19.1 Å². The standard InChI is InChI=1S/C26H31FN2O8/c1-10-12-8-7-11(6-4-5-9-27)19(30)14(12)20(31)15-13(10)21(32)17-18(29(2)3)22(33)16(25(28)36)24(35)26(17,37)23(15)34/h7-8,10,13,17-18,21,30-32,35,37H,4-6,9H2,1-3H3,(H2,28,36)/t10-,13+,17+,18-,21-,26-/m0/s1. The van der Waals surface area contributed by atoms with Gasteiger partial charge in [0.15, 0.2) is 11.4 Å². The summed E-state index contributed by atoms with van der Waals surface area (Å²) in [5.41, 5.74) is 1.74. The van der Waals surface area contributed by atoms with E-state index < -0.39 is 82.3 Å². The number of carbonyl (C=O) groups excluding carboxylic acids is 3. The Morgan fingerprint density at radius 3 is 2.38 bits per heavy atom. The number of hydrogen-bond donors (Lipinski definition) is 6. The molecule has 0 heterocycles. The van der Waals surface area contributed by atoms with Gasteiger partial charge < -0.3 is 31.3 Å². The van der Waals surface area contributed by atoms with Gasteiger partial charge in [-0.25, -0.2) is 0 Å². The minimum Gasteiger partial charge on any atom is -0.508 e. The van der Waals surface area contributed by atoms with Crippen LogP contribution in [0.25, 0.3) is 5.76 Å². The number of benzene rings is 1. The monoisotopic (exact) mass is 518 g/mol. The zero-order chi connectivity index (χ0) is 27.6. The first-order valence-electron chi connectivity index (χ1n) is 12.1. The third kappa shape index (κ3) is 3.59. The molecular formula is C26H31FN2O8. The Morgan fingerprint density at radius 2 is 1.81 bits per heavy atom. The molecule has 0 spiro atoms. The van der Waals surface area contributed by atoms with Crippen LogP contribution in [0.2, 0.25) is 0 Å². The number of aliphatic hydroxyl groups is 4. The normalized spacial score (nSPS) is 31.4. The molecule has 7 N–H and O–H groups in total. The maximum absolute atomic E-state index is 13.9. The van der Waals surface area contributed by atoms with Crippen LogP contribution in [-0.2, 0) is 20.8 Å². The van der Waals surface area contributed by atoms with Crippen molar-refractivity contribution in [1.82, 2.24) is 4.90 Å². The molecule has 0 saturated heterocycles. The molecule has 0 radical (unpaired) electrons. The van der Waals surface area contributed by atoms with Gasteiger partial charge in [0.1, 0.15) is 22.8 Å². The molecule has 4 rings (SSSR count). The Morgan fingerprint density at radius 1 is 1.16 bits per heavy atom. The van der Waals surface area contributed by atoms with Crippen molar-refractivity contribution in [3.63, 3.8) is 0 Å². The van der Waals surface area contributed by atoms with E-state index >= 15 is 0 Å². The number of Topliss-reactive ketones (excluding diaryl/α,β-unsaturated/α-hetero) is 2. The van der Waals surface area contributed by atoms with Crippen molar-refractivity contribution in [3.05, 3.63) is 45.7 Å². The summed E-state index contributed by atoms with van der Waals surface area (Å²) in [4.78, 5) is 40.4. The molecule has 11 heteroatoms. The van der Waals surface area contributed by atoms with Gasteiger partial charge in [-0.05, 0) is 50.4 Å². The van der Waals surface area contributed by atoms with Gasteiger partial charge in [-0.3, -0.25) is 23.7 Å². The number of ketones is 2. The second-order valence-electron chi connectivity index (χ2n) is 10.2. The van der Waals surface area contributed by atoms with E-state index in [2.05, 4.69) is 0 Å². The van der Waals surface area contributed by atoms with Gasteiger partial charge in [-0.2, -0.15) is 0 Å². The number of aryl methyl sites for hydroxylation is 1. The van der Waals surface area contributed by atoms with E-state index in [9.17, 15) is 44.3 Å². The van der Waals surface area contributed by atoms with Crippen molar-refractivity contribution >= 4 is 23.2 Å². The topological polar surface area (TPSA) is 182 Å². The number of aromatic hydroxyl groups is 1. The van der Waals surface area contributed by atoms with Gasteiger partial charge >= 0.3 is 0 Å². The summed E-state index contributed by atoms with van der Waals surface area (Å²) in [6.45, 7) is 1.14. The highest BCUT2D eigenvalue weighted by molar-refractivity contribution is 6.24. The van der Waals surface area contributed by atoms with Gasteiger partial charge in [0.05, 0.1) is 30.3 Å². The van der Waals surface area contributed by atoms with Crippen LogP contribution in [0.1, 0.15) is 42.4 Å². The van der Waals surface area contributed by atoms with Crippen molar-refractivity contribution in [1.29, 1.82) is 0 Å². The SMILES string of the molecule is C[C@H]1c2ccc(CCCCF)c(O)c2C(O)=C2C(=O)[C@]3(O)C(O)=C(C(N)=O)C(=O)[C@@H](N(C)C)[C@@H]3[C@@H](O)[C@@H]21. The summed E-state index contributed by atoms with van der Waals surface area (Å²) < 4.78 is 12.6. The summed E-state index contributed by atoms with van der Waals surface area (Å²) >= 11 is 0. The maximum atomic E-state index is 13.9. The molecule has 3 aliphatic rings. The van der Waals surface area contributed by atoms with Crippen LogP contribution in [0, 0.1) is 11.8 Å². The van der Waals surface area contributed by atoms with Crippen LogP contribution < -0.4 is 5.73 Å². The number of unbranched alkanes of at least 4 members (excludes halogenated alkanes) is 1. The highest BCUT2D eigenvalue weighted by Crippen LogP contribution is 2.56. The average molecular weight is 519 g/mol. The minimum absolute atomic E-state index is 0.0614. The highest BCUT2D eigenvalue weighted by atomic mass is 19.1. The molecule has 6 atom stereocenters. The quantitative estimate of drug-likeness (QED) is 0.234. The zero-order valence-corrected chi connectivity index (χ0v) is 20.7. The van der Waals surface area contributed by atoms with Crippen LogP contribution in [0.3, 0.4) is 0 Å². The Hall–Kier alpha value is -3.28. The third-order valence-electron chi connectivity index (χ3n) is 8.04. The fourth-order valence-corrected chi connectivity index (χ4v) is 6.27. The number of phenols is 1. The molecule has 0 aliphatic heterocycles. The van der Waals surface area contributed by atoms with Crippen molar-refractivity contribution in [3.8, 4) is 5.75 Å². The van der Waals surface area contributed by atoms with Crippen molar-refractivity contribution in [2.75, 3.05) is 20.8 Å². The molecule has 1 amide bonds. The first-order valence-corrected chi connectivity index (χ1v) is 12.1. The number of carbonyl (C=O) groups is 3. The number of amides is 1. The van der Waals surface area contributed by atoms with Crippen LogP contribution in [0.5, 0.6) is 5.75 Å². The third-order valence-corrected chi connectivity index (χ3v) is 8.04. The number of likely N-dealkylation sites (N-methyl/N-ethyl adjacent to an activating group) is 1. The van der Waals surface area contributed by atoms with E-state index in [4.69, 9.17) is 5.73 Å². The van der Waals surface area contributed by atoms with Crippen molar-refractivity contribution in [2.45, 2.75) is 49.9 Å². The number of nitrogens with zero attached hydrogens (tertiary/aromatic N) is 1. The molecule has 1 fully saturated rings. The first kappa shape index (κ1) is 26.8. The lowest BCUT2D eigenvalue weighted by Gasteiger charge is -2.53. The fourth-order valence-electron chi connectivity index (χ4n) is 6.27. The lowest BCUT2D eigenvalue weighted by molar-refractivity contribution is -0.169. The second-order valence-corrected chi connectivity index (χ2v) is 10.2. The predicted molar refractivity (Wildman–Crippen MR) is 129 cm³/mol. The van der Waals surface area contributed by atoms with Gasteiger partial charge in [0.2, 0.25) is 5.78 Å². The molecule has 0 unspecified atom stereocenters. The number of hydrogen-bond acceptors (Lipinski definition) is 9. The Labute approximate surface area is 212 Å². The molecule has 3 aliphatic carbocycles. The molecule has 10 nitrogen and oxygen atoms in total. The molecule has 200 valence electrons. The Balaban J connectivity index is 1.97. The highest BCUT2D eigenvalue weighted by Gasteiger charge is 2.68. The molecular weight excluding hydrogens is 487 g/mol. The molecule has 1 aromatic rings. The zero-order valence-electron chi connectivity index (χ0n) is 20.7. The number of nitrogens with two attached hydrogens (primary N) is 1. The van der Waals surface area contributed by atoms with E-state index in [0.717, 1.165) is 0 Å². The summed E-state index contributed by atoms with van der Waals surface area (Å²) in [6, 6.07) is 1.88. The number of halogens is 1. The molecule has 37 heavy (non-hydrogen) atoms. The van der Waals surface area contributed by atoms with Gasteiger partial charge in [-0.1, -0.05) is 19.1 Å². The number of phenolic OH excluding ortho intramolecular Hbond substituents is 1. The largest absolute Gasteiger partial charge is 0.508 e. The van der Waals surface area contributed by atoms with Crippen molar-refractivity contribution < 1.29 is 44.3 Å². The van der Waals surface area contributed by atoms with Crippen LogP contribution in [0.4, 0.5) is 4.39 Å². The van der Waals surface area contributed by atoms with Gasteiger partial charge in [0.25, 0.3) is 5.91 Å². The summed E-state index contributed by atoms with van der Waals surface area (Å²) in [7, 11) is 2.90. The van der Waals surface area contributed by atoms with E-state index in [1.165, 1.54) is 19.0 Å². The minimum atomic E-state index is -2.95. The van der Waals surface area contributed by atoms with Crippen LogP contribution in [-0.4, -0.2) is 86.4 Å². The Kier molecular flexibility index (Phi) is 6.68. The summed E-state index contributed by atoms with van der Waals surface area (Å²) in [5.74, 6) is -9.17. The summed E-state index contributed by atoms with van der Waals surface area (Å²) in [6.07, 6.45) is -0.612. The van der Waals surface area contributed by atoms with E-state index in [1.807, 2.05) is 0 Å². The first-order chi connectivity index (χ1) is 17.3. The number of aliphatic hydroxyl groups excluding tert-OH is 3. The van der Waals surface area contributed by atoms with Gasteiger partial charge in [0, 0.05) is 11.5 Å². The molecule has 1 saturated carbocycles. The number of alkyl halides is 1. The van der Waals surface area contributed by atoms with Gasteiger partial charge in [-0.15, -0.1) is 0 Å². The fraction of sp³-hybridized carbons (Fsp3) is 0.500. The Bertz CT molecular complexity index is 1260. The molecule has 1 aromatic carbocycles. The van der Waals surface area contributed by atoms with Crippen LogP contribution in [0.15, 0.2) is 29.0 Å². The van der Waals surface area contributed by atoms with E-state index in [-0.39, 0.29) is 17.7 Å². The molecule has 0 bridgehead atoms. The lowest BCUT2D eigenvalue weighted by atomic mass is 9.54. The average Bonchev–Trinajstić information content (AvgIpc) is 2.82. The molecule has 0 aromatic heterocycles.